The van der Waals surface area contributed by atoms with E-state index in [-0.39, 0.29) is 32.0 Å². The van der Waals surface area contributed by atoms with Crippen molar-refractivity contribution in [2.24, 2.45) is 0 Å². The number of allylic oxidation sites excluding steroid dienone is 2. The summed E-state index contributed by atoms with van der Waals surface area (Å²) in [5, 5.41) is 0. The highest BCUT2D eigenvalue weighted by atomic mass is 31.2. The van der Waals surface area contributed by atoms with Gasteiger partial charge in [0.1, 0.15) is 19.8 Å². The maximum Gasteiger partial charge on any atom is 0.306 e. The number of phosphoric ester groups is 1. The smallest absolute Gasteiger partial charge is 0.306 e. The molecule has 0 N–H and O–H groups in total. The molecule has 0 heterocycles. The normalized spacial score (nSPS) is 13.6. The molecule has 10 heteroatoms. The van der Waals surface area contributed by atoms with E-state index in [0.717, 1.165) is 32.1 Å². The molecule has 0 amide bonds. The Morgan fingerprint density at radius 2 is 0.879 bits per heavy atom. The first-order valence-electron chi connectivity index (χ1n) is 24.4. The monoisotopic (exact) mass is 844 g/mol. The van der Waals surface area contributed by atoms with Crippen molar-refractivity contribution >= 4 is 19.8 Å². The van der Waals surface area contributed by atoms with Gasteiger partial charge in [-0.05, 0) is 38.5 Å². The minimum absolute atomic E-state index is 0.0276. The second kappa shape index (κ2) is 41.1. The summed E-state index contributed by atoms with van der Waals surface area (Å²) in [7, 11) is 1.18. The zero-order valence-electron chi connectivity index (χ0n) is 38.8. The van der Waals surface area contributed by atoms with Crippen molar-refractivity contribution in [1.82, 2.24) is 0 Å². The molecular formula is C48H94NO8P. The summed E-state index contributed by atoms with van der Waals surface area (Å²) in [6.45, 7) is 4.26. The minimum Gasteiger partial charge on any atom is -0.756 e. The SMILES string of the molecule is CCCCCCCC/C=C/CCCCCCCCCCCC(=O)OC[C@H](COP(=O)([O-])OCC[N+](C)(C)C)OC(=O)CCCCCCCCCCCCCCCCC. The fourth-order valence-electron chi connectivity index (χ4n) is 6.95. The lowest BCUT2D eigenvalue weighted by Gasteiger charge is -2.28. The van der Waals surface area contributed by atoms with Crippen molar-refractivity contribution in [2.75, 3.05) is 47.5 Å². The number of nitrogens with zero attached hydrogens (tertiary/aromatic N) is 1. The molecule has 2 atom stereocenters. The Balaban J connectivity index is 4.25. The van der Waals surface area contributed by atoms with Gasteiger partial charge in [-0.3, -0.25) is 14.2 Å². The fourth-order valence-corrected chi connectivity index (χ4v) is 7.67. The largest absolute Gasteiger partial charge is 0.756 e. The third-order valence-electron chi connectivity index (χ3n) is 10.8. The molecule has 1 unspecified atom stereocenters. The van der Waals surface area contributed by atoms with Crippen LogP contribution in [0.1, 0.15) is 232 Å². The van der Waals surface area contributed by atoms with Gasteiger partial charge in [-0.2, -0.15) is 0 Å². The Kier molecular flexibility index (Phi) is 40.2. The fraction of sp³-hybridized carbons (Fsp3) is 0.917. The Morgan fingerprint density at radius 3 is 1.28 bits per heavy atom. The molecule has 0 radical (unpaired) electrons. The van der Waals surface area contributed by atoms with Crippen molar-refractivity contribution in [1.29, 1.82) is 0 Å². The zero-order valence-corrected chi connectivity index (χ0v) is 39.7. The Morgan fingerprint density at radius 1 is 0.517 bits per heavy atom. The van der Waals surface area contributed by atoms with Gasteiger partial charge in [0, 0.05) is 12.8 Å². The van der Waals surface area contributed by atoms with Crippen LogP contribution >= 0.6 is 7.82 Å². The van der Waals surface area contributed by atoms with Crippen LogP contribution < -0.4 is 4.89 Å². The summed E-state index contributed by atoms with van der Waals surface area (Å²) in [5.41, 5.74) is 0. The number of hydrogen-bond donors (Lipinski definition) is 0. The number of ether oxygens (including phenoxy) is 2. The third-order valence-corrected chi connectivity index (χ3v) is 11.7. The van der Waals surface area contributed by atoms with Gasteiger partial charge >= 0.3 is 11.9 Å². The van der Waals surface area contributed by atoms with E-state index in [1.54, 1.807) is 0 Å². The Hall–Kier alpha value is -1.25. The van der Waals surface area contributed by atoms with E-state index < -0.39 is 26.5 Å². The molecule has 0 saturated heterocycles. The van der Waals surface area contributed by atoms with Crippen LogP contribution in [0, 0.1) is 0 Å². The highest BCUT2D eigenvalue weighted by Gasteiger charge is 2.21. The maximum absolute atomic E-state index is 12.7. The molecule has 0 saturated carbocycles. The number of likely N-dealkylation sites (N-methyl/N-ethyl adjacent to an activating group) is 1. The first-order valence-corrected chi connectivity index (χ1v) is 25.9. The van der Waals surface area contributed by atoms with Gasteiger partial charge < -0.3 is 27.9 Å². The summed E-state index contributed by atoms with van der Waals surface area (Å²) in [6.07, 6.45) is 43.7. The molecule has 0 bridgehead atoms. The lowest BCUT2D eigenvalue weighted by molar-refractivity contribution is -0.870. The summed E-state index contributed by atoms with van der Waals surface area (Å²) >= 11 is 0. The van der Waals surface area contributed by atoms with Gasteiger partial charge in [-0.25, -0.2) is 0 Å². The molecule has 0 aliphatic carbocycles. The first-order chi connectivity index (χ1) is 28.0. The minimum atomic E-state index is -4.62. The van der Waals surface area contributed by atoms with Gasteiger partial charge in [-0.1, -0.05) is 193 Å². The number of carbonyl (C=O) groups is 2. The number of carbonyl (C=O) groups excluding carboxylic acids is 2. The van der Waals surface area contributed by atoms with Gasteiger partial charge in [-0.15, -0.1) is 0 Å². The molecule has 0 rings (SSSR count). The first kappa shape index (κ1) is 56.8. The molecule has 9 nitrogen and oxygen atoms in total. The van der Waals surface area contributed by atoms with Crippen LogP contribution in [0.25, 0.3) is 0 Å². The average Bonchev–Trinajstić information content (AvgIpc) is 3.17. The second-order valence-electron chi connectivity index (χ2n) is 17.8. The second-order valence-corrected chi connectivity index (χ2v) is 19.2. The molecule has 0 aliphatic rings. The Labute approximate surface area is 358 Å². The summed E-state index contributed by atoms with van der Waals surface area (Å²) in [6, 6.07) is 0. The van der Waals surface area contributed by atoms with Crippen molar-refractivity contribution < 1.29 is 42.1 Å². The number of hydrogen-bond acceptors (Lipinski definition) is 8. The van der Waals surface area contributed by atoms with E-state index in [4.69, 9.17) is 18.5 Å². The molecule has 0 fully saturated rings. The van der Waals surface area contributed by atoms with Gasteiger partial charge in [0.2, 0.25) is 0 Å². The van der Waals surface area contributed by atoms with Crippen LogP contribution in [-0.4, -0.2) is 70.0 Å². The Bertz CT molecular complexity index is 1000. The van der Waals surface area contributed by atoms with E-state index >= 15 is 0 Å². The number of unbranched alkanes of at least 4 members (excludes halogenated alkanes) is 29. The van der Waals surface area contributed by atoms with Crippen LogP contribution in [0.15, 0.2) is 12.2 Å². The van der Waals surface area contributed by atoms with Crippen LogP contribution in [0.2, 0.25) is 0 Å². The molecule has 0 aliphatic heterocycles. The van der Waals surface area contributed by atoms with E-state index in [1.807, 2.05) is 21.1 Å². The third kappa shape index (κ3) is 44.3. The summed E-state index contributed by atoms with van der Waals surface area (Å²) in [5.74, 6) is -0.823. The summed E-state index contributed by atoms with van der Waals surface area (Å²) in [4.78, 5) is 37.6. The van der Waals surface area contributed by atoms with E-state index in [9.17, 15) is 19.0 Å². The lowest BCUT2D eigenvalue weighted by Crippen LogP contribution is -2.37. The molecule has 0 aromatic heterocycles. The molecule has 58 heavy (non-hydrogen) atoms. The lowest BCUT2D eigenvalue weighted by atomic mass is 10.0. The van der Waals surface area contributed by atoms with Gasteiger partial charge in [0.15, 0.2) is 6.10 Å². The van der Waals surface area contributed by atoms with E-state index in [2.05, 4.69) is 26.0 Å². The number of quaternary nitrogens is 1. The quantitative estimate of drug-likeness (QED) is 0.0196. The molecular weight excluding hydrogens is 750 g/mol. The summed E-state index contributed by atoms with van der Waals surface area (Å²) < 4.78 is 34.0. The molecule has 0 spiro atoms. The highest BCUT2D eigenvalue weighted by molar-refractivity contribution is 7.45. The van der Waals surface area contributed by atoms with Crippen molar-refractivity contribution in [3.05, 3.63) is 12.2 Å². The average molecular weight is 844 g/mol. The van der Waals surface area contributed by atoms with Crippen molar-refractivity contribution in [2.45, 2.75) is 238 Å². The van der Waals surface area contributed by atoms with Crippen LogP contribution in [-0.2, 0) is 32.7 Å². The molecule has 344 valence electrons. The van der Waals surface area contributed by atoms with Crippen LogP contribution in [0.5, 0.6) is 0 Å². The molecule has 0 aromatic carbocycles. The standard InChI is InChI=1S/C48H94NO8P/c1-6-8-10-12-14-16-18-20-22-23-24-25-27-28-30-32-34-36-38-40-47(50)54-44-46(45-56-58(52,53)55-43-42-49(3,4)5)57-48(51)41-39-37-35-33-31-29-26-21-19-17-15-13-11-9-7-2/h20,22,46H,6-19,21,23-45H2,1-5H3/b22-20+/t46-/m1/s1. The van der Waals surface area contributed by atoms with Crippen molar-refractivity contribution in [3.8, 4) is 0 Å². The number of esters is 2. The van der Waals surface area contributed by atoms with Gasteiger partial charge in [0.05, 0.1) is 27.7 Å². The molecule has 0 aromatic rings. The zero-order chi connectivity index (χ0) is 42.8. The number of rotatable bonds is 45. The van der Waals surface area contributed by atoms with E-state index in [0.29, 0.717) is 17.4 Å². The van der Waals surface area contributed by atoms with Crippen molar-refractivity contribution in [3.63, 3.8) is 0 Å². The predicted molar refractivity (Wildman–Crippen MR) is 241 cm³/mol. The maximum atomic E-state index is 12.7. The topological polar surface area (TPSA) is 111 Å². The predicted octanol–water partition coefficient (Wildman–Crippen LogP) is 13.5. The highest BCUT2D eigenvalue weighted by Crippen LogP contribution is 2.38. The van der Waals surface area contributed by atoms with Crippen LogP contribution in [0.4, 0.5) is 0 Å². The van der Waals surface area contributed by atoms with Gasteiger partial charge in [0.25, 0.3) is 7.82 Å². The van der Waals surface area contributed by atoms with E-state index in [1.165, 1.54) is 167 Å². The number of phosphoric acid groups is 1. The van der Waals surface area contributed by atoms with Crippen LogP contribution in [0.3, 0.4) is 0 Å².